The standard InChI is InChI=1S/C17H26N4O2/c1-21(2)12-10-16(22)19-13-6-8-14(9-7-13)20-17(23)15-5-3-4-11-18-15/h6-9,15,18H,3-5,10-12H2,1-2H3,(H,19,22)(H,20,23)/t15-/m1/s1. The Morgan fingerprint density at radius 3 is 2.35 bits per heavy atom. The molecular weight excluding hydrogens is 292 g/mol. The quantitative estimate of drug-likeness (QED) is 0.746. The molecule has 0 unspecified atom stereocenters. The minimum atomic E-state index is -0.103. The molecule has 126 valence electrons. The van der Waals surface area contributed by atoms with Gasteiger partial charge in [0.1, 0.15) is 0 Å². The Balaban J connectivity index is 1.81. The molecule has 1 fully saturated rings. The SMILES string of the molecule is CN(C)CCC(=O)Nc1ccc(NC(=O)[C@H]2CCCCN2)cc1. The van der Waals surface area contributed by atoms with Crippen LogP contribution in [0.4, 0.5) is 11.4 Å². The number of hydrogen-bond acceptors (Lipinski definition) is 4. The predicted octanol–water partition coefficient (Wildman–Crippen LogP) is 1.66. The number of rotatable bonds is 6. The molecule has 0 bridgehead atoms. The summed E-state index contributed by atoms with van der Waals surface area (Å²) in [5.41, 5.74) is 1.48. The molecule has 1 aliphatic heterocycles. The molecule has 1 saturated heterocycles. The van der Waals surface area contributed by atoms with Gasteiger partial charge in [-0.15, -0.1) is 0 Å². The summed E-state index contributed by atoms with van der Waals surface area (Å²) in [6, 6.07) is 7.12. The van der Waals surface area contributed by atoms with E-state index < -0.39 is 0 Å². The van der Waals surface area contributed by atoms with Crippen molar-refractivity contribution < 1.29 is 9.59 Å². The Bertz CT molecular complexity index is 522. The van der Waals surface area contributed by atoms with Crippen LogP contribution in [0, 0.1) is 0 Å². The van der Waals surface area contributed by atoms with Crippen molar-refractivity contribution in [2.45, 2.75) is 31.7 Å². The highest BCUT2D eigenvalue weighted by atomic mass is 16.2. The summed E-state index contributed by atoms with van der Waals surface area (Å²) in [7, 11) is 3.87. The van der Waals surface area contributed by atoms with Crippen molar-refractivity contribution >= 4 is 23.2 Å². The van der Waals surface area contributed by atoms with Gasteiger partial charge in [-0.05, 0) is 57.7 Å². The van der Waals surface area contributed by atoms with E-state index in [4.69, 9.17) is 0 Å². The number of amides is 2. The molecule has 1 aromatic rings. The Labute approximate surface area is 137 Å². The van der Waals surface area contributed by atoms with Crippen molar-refractivity contribution in [3.05, 3.63) is 24.3 Å². The van der Waals surface area contributed by atoms with Crippen LogP contribution in [0.25, 0.3) is 0 Å². The van der Waals surface area contributed by atoms with Gasteiger partial charge in [0.25, 0.3) is 0 Å². The Morgan fingerprint density at radius 2 is 1.78 bits per heavy atom. The van der Waals surface area contributed by atoms with Crippen molar-refractivity contribution in [1.29, 1.82) is 0 Å². The highest BCUT2D eigenvalue weighted by Gasteiger charge is 2.20. The molecule has 1 aromatic carbocycles. The summed E-state index contributed by atoms with van der Waals surface area (Å²) < 4.78 is 0. The van der Waals surface area contributed by atoms with Gasteiger partial charge in [0.2, 0.25) is 11.8 Å². The number of benzene rings is 1. The van der Waals surface area contributed by atoms with Gasteiger partial charge in [-0.2, -0.15) is 0 Å². The second-order valence-corrected chi connectivity index (χ2v) is 6.17. The molecule has 1 aliphatic rings. The van der Waals surface area contributed by atoms with Gasteiger partial charge >= 0.3 is 0 Å². The third kappa shape index (κ3) is 6.00. The van der Waals surface area contributed by atoms with Crippen LogP contribution >= 0.6 is 0 Å². The minimum absolute atomic E-state index is 0.00692. The zero-order valence-electron chi connectivity index (χ0n) is 13.9. The highest BCUT2D eigenvalue weighted by molar-refractivity contribution is 5.95. The first-order chi connectivity index (χ1) is 11.0. The smallest absolute Gasteiger partial charge is 0.241 e. The molecule has 1 atom stereocenters. The third-order valence-corrected chi connectivity index (χ3v) is 3.85. The second-order valence-electron chi connectivity index (χ2n) is 6.17. The van der Waals surface area contributed by atoms with E-state index in [1.165, 1.54) is 0 Å². The summed E-state index contributed by atoms with van der Waals surface area (Å²) in [5.74, 6) is -0.00522. The van der Waals surface area contributed by atoms with Crippen LogP contribution in [0.3, 0.4) is 0 Å². The molecule has 2 amide bonds. The third-order valence-electron chi connectivity index (χ3n) is 3.85. The molecule has 0 aromatic heterocycles. The molecule has 0 saturated carbocycles. The molecule has 3 N–H and O–H groups in total. The van der Waals surface area contributed by atoms with Gasteiger partial charge in [-0.3, -0.25) is 9.59 Å². The molecule has 6 nitrogen and oxygen atoms in total. The first-order valence-electron chi connectivity index (χ1n) is 8.13. The fraction of sp³-hybridized carbons (Fsp3) is 0.529. The van der Waals surface area contributed by atoms with E-state index in [0.717, 1.165) is 37.2 Å². The molecule has 6 heteroatoms. The number of nitrogens with zero attached hydrogens (tertiary/aromatic N) is 1. The highest BCUT2D eigenvalue weighted by Crippen LogP contribution is 2.15. The van der Waals surface area contributed by atoms with Gasteiger partial charge in [-0.25, -0.2) is 0 Å². The van der Waals surface area contributed by atoms with Crippen LogP contribution in [-0.2, 0) is 9.59 Å². The number of carbonyl (C=O) groups excluding carboxylic acids is 2. The molecule has 0 spiro atoms. The van der Waals surface area contributed by atoms with Crippen LogP contribution in [0.1, 0.15) is 25.7 Å². The maximum Gasteiger partial charge on any atom is 0.241 e. The van der Waals surface area contributed by atoms with Gasteiger partial charge in [0, 0.05) is 24.3 Å². The van der Waals surface area contributed by atoms with Crippen molar-refractivity contribution in [3.63, 3.8) is 0 Å². The molecule has 23 heavy (non-hydrogen) atoms. The van der Waals surface area contributed by atoms with E-state index in [9.17, 15) is 9.59 Å². The monoisotopic (exact) mass is 318 g/mol. The summed E-state index contributed by atoms with van der Waals surface area (Å²) in [5, 5.41) is 8.99. The Kier molecular flexibility index (Phi) is 6.55. The zero-order chi connectivity index (χ0) is 16.7. The molecule has 2 rings (SSSR count). The van der Waals surface area contributed by atoms with Gasteiger partial charge < -0.3 is 20.9 Å². The molecule has 0 radical (unpaired) electrons. The maximum atomic E-state index is 12.1. The fourth-order valence-electron chi connectivity index (χ4n) is 2.49. The molecule has 0 aliphatic carbocycles. The number of nitrogens with one attached hydrogen (secondary N) is 3. The number of piperidine rings is 1. The Morgan fingerprint density at radius 1 is 1.13 bits per heavy atom. The maximum absolute atomic E-state index is 12.1. The van der Waals surface area contributed by atoms with E-state index in [0.29, 0.717) is 13.0 Å². The van der Waals surface area contributed by atoms with Gasteiger partial charge in [0.05, 0.1) is 6.04 Å². The first-order valence-corrected chi connectivity index (χ1v) is 8.13. The predicted molar refractivity (Wildman–Crippen MR) is 92.5 cm³/mol. The summed E-state index contributed by atoms with van der Waals surface area (Å²) >= 11 is 0. The lowest BCUT2D eigenvalue weighted by Crippen LogP contribution is -2.43. The first kappa shape index (κ1) is 17.4. The second kappa shape index (κ2) is 8.64. The van der Waals surface area contributed by atoms with E-state index in [1.807, 2.05) is 31.1 Å². The normalized spacial score (nSPS) is 17.8. The number of hydrogen-bond donors (Lipinski definition) is 3. The fourth-order valence-corrected chi connectivity index (χ4v) is 2.49. The van der Waals surface area contributed by atoms with Crippen LogP contribution in [0.15, 0.2) is 24.3 Å². The van der Waals surface area contributed by atoms with Crippen molar-refractivity contribution in [3.8, 4) is 0 Å². The lowest BCUT2D eigenvalue weighted by molar-refractivity contribution is -0.118. The van der Waals surface area contributed by atoms with Crippen LogP contribution in [-0.4, -0.2) is 49.9 Å². The van der Waals surface area contributed by atoms with Crippen LogP contribution in [0.5, 0.6) is 0 Å². The summed E-state index contributed by atoms with van der Waals surface area (Å²) in [4.78, 5) is 25.9. The zero-order valence-corrected chi connectivity index (χ0v) is 13.9. The molecular formula is C17H26N4O2. The summed E-state index contributed by atoms with van der Waals surface area (Å²) in [6.45, 7) is 1.62. The van der Waals surface area contributed by atoms with Gasteiger partial charge in [0.15, 0.2) is 0 Å². The lowest BCUT2D eigenvalue weighted by atomic mass is 10.0. The summed E-state index contributed by atoms with van der Waals surface area (Å²) in [6.07, 6.45) is 3.56. The van der Waals surface area contributed by atoms with E-state index in [2.05, 4.69) is 16.0 Å². The van der Waals surface area contributed by atoms with Crippen molar-refractivity contribution in [2.24, 2.45) is 0 Å². The van der Waals surface area contributed by atoms with E-state index >= 15 is 0 Å². The molecule has 1 heterocycles. The van der Waals surface area contributed by atoms with E-state index in [1.54, 1.807) is 12.1 Å². The number of carbonyl (C=O) groups is 2. The number of anilines is 2. The van der Waals surface area contributed by atoms with Crippen LogP contribution in [0.2, 0.25) is 0 Å². The lowest BCUT2D eigenvalue weighted by Gasteiger charge is -2.22. The van der Waals surface area contributed by atoms with Crippen LogP contribution < -0.4 is 16.0 Å². The van der Waals surface area contributed by atoms with Crippen molar-refractivity contribution in [2.75, 3.05) is 37.8 Å². The average Bonchev–Trinajstić information content (AvgIpc) is 2.55. The van der Waals surface area contributed by atoms with E-state index in [-0.39, 0.29) is 17.9 Å². The largest absolute Gasteiger partial charge is 0.326 e. The van der Waals surface area contributed by atoms with Gasteiger partial charge in [-0.1, -0.05) is 6.42 Å². The minimum Gasteiger partial charge on any atom is -0.326 e. The van der Waals surface area contributed by atoms with Crippen molar-refractivity contribution in [1.82, 2.24) is 10.2 Å². The topological polar surface area (TPSA) is 73.5 Å². The average molecular weight is 318 g/mol. The Hall–Kier alpha value is -1.92.